The zero-order valence-electron chi connectivity index (χ0n) is 13.5. The zero-order chi connectivity index (χ0) is 17.6. The van der Waals surface area contributed by atoms with Gasteiger partial charge in [-0.05, 0) is 30.3 Å². The highest BCUT2D eigenvalue weighted by Gasteiger charge is 2.13. The van der Waals surface area contributed by atoms with Crippen molar-refractivity contribution in [3.63, 3.8) is 0 Å². The summed E-state index contributed by atoms with van der Waals surface area (Å²) >= 11 is 0. The Morgan fingerprint density at radius 2 is 1.80 bits per heavy atom. The number of hydrogen-bond acceptors (Lipinski definition) is 5. The van der Waals surface area contributed by atoms with Gasteiger partial charge in [-0.3, -0.25) is 14.9 Å². The van der Waals surface area contributed by atoms with E-state index in [0.29, 0.717) is 23.6 Å². The SMILES string of the molecule is CCC(=O)Nc1cccc(C(=O)Nc2nnc(-c3ccccc3)o2)c1. The van der Waals surface area contributed by atoms with Crippen LogP contribution >= 0.6 is 0 Å². The minimum Gasteiger partial charge on any atom is -0.403 e. The van der Waals surface area contributed by atoms with Gasteiger partial charge in [0.2, 0.25) is 11.8 Å². The van der Waals surface area contributed by atoms with Crippen molar-refractivity contribution < 1.29 is 14.0 Å². The Morgan fingerprint density at radius 3 is 2.56 bits per heavy atom. The minimum absolute atomic E-state index is 0.00634. The van der Waals surface area contributed by atoms with E-state index < -0.39 is 5.91 Å². The normalized spacial score (nSPS) is 10.3. The first kappa shape index (κ1) is 16.4. The molecule has 2 N–H and O–H groups in total. The number of amides is 2. The predicted octanol–water partition coefficient (Wildman–Crippen LogP) is 3.34. The molecule has 1 heterocycles. The van der Waals surface area contributed by atoms with Crippen molar-refractivity contribution in [3.05, 3.63) is 60.2 Å². The third-order valence-electron chi connectivity index (χ3n) is 3.40. The van der Waals surface area contributed by atoms with Gasteiger partial charge in [-0.1, -0.05) is 36.3 Å². The lowest BCUT2D eigenvalue weighted by Crippen LogP contribution is -2.14. The summed E-state index contributed by atoms with van der Waals surface area (Å²) < 4.78 is 5.45. The van der Waals surface area contributed by atoms with E-state index in [9.17, 15) is 9.59 Å². The van der Waals surface area contributed by atoms with Crippen LogP contribution in [0.3, 0.4) is 0 Å². The molecule has 3 aromatic rings. The van der Waals surface area contributed by atoms with E-state index in [4.69, 9.17) is 4.42 Å². The van der Waals surface area contributed by atoms with E-state index in [1.807, 2.05) is 30.3 Å². The Bertz CT molecular complexity index is 890. The molecular formula is C18H16N4O3. The summed E-state index contributed by atoms with van der Waals surface area (Å²) in [4.78, 5) is 23.8. The summed E-state index contributed by atoms with van der Waals surface area (Å²) in [6, 6.07) is 15.9. The predicted molar refractivity (Wildman–Crippen MR) is 93.0 cm³/mol. The molecule has 0 aliphatic rings. The highest BCUT2D eigenvalue weighted by molar-refractivity contribution is 6.04. The first-order valence-electron chi connectivity index (χ1n) is 7.76. The molecule has 0 aliphatic heterocycles. The van der Waals surface area contributed by atoms with E-state index in [1.165, 1.54) is 0 Å². The first-order chi connectivity index (χ1) is 12.2. The molecular weight excluding hydrogens is 320 g/mol. The van der Waals surface area contributed by atoms with Crippen molar-refractivity contribution in [3.8, 4) is 11.5 Å². The quantitative estimate of drug-likeness (QED) is 0.745. The summed E-state index contributed by atoms with van der Waals surface area (Å²) in [6.07, 6.45) is 0.362. The molecule has 126 valence electrons. The van der Waals surface area contributed by atoms with E-state index >= 15 is 0 Å². The molecule has 2 amide bonds. The van der Waals surface area contributed by atoms with Crippen LogP contribution in [0.5, 0.6) is 0 Å². The Balaban J connectivity index is 1.71. The number of nitrogens with one attached hydrogen (secondary N) is 2. The van der Waals surface area contributed by atoms with Gasteiger partial charge in [0.1, 0.15) is 0 Å². The fourth-order valence-electron chi connectivity index (χ4n) is 2.13. The highest BCUT2D eigenvalue weighted by Crippen LogP contribution is 2.20. The molecule has 0 atom stereocenters. The molecule has 25 heavy (non-hydrogen) atoms. The smallest absolute Gasteiger partial charge is 0.322 e. The maximum atomic E-state index is 12.3. The van der Waals surface area contributed by atoms with Gasteiger partial charge < -0.3 is 9.73 Å². The van der Waals surface area contributed by atoms with Gasteiger partial charge in [-0.25, -0.2) is 0 Å². The number of benzene rings is 2. The van der Waals surface area contributed by atoms with Crippen molar-refractivity contribution in [2.24, 2.45) is 0 Å². The third-order valence-corrected chi connectivity index (χ3v) is 3.40. The van der Waals surface area contributed by atoms with E-state index in [-0.39, 0.29) is 11.9 Å². The van der Waals surface area contributed by atoms with Crippen molar-refractivity contribution in [2.75, 3.05) is 10.6 Å². The summed E-state index contributed by atoms with van der Waals surface area (Å²) in [5.41, 5.74) is 1.68. The molecule has 0 radical (unpaired) electrons. The Labute approximate surface area is 144 Å². The van der Waals surface area contributed by atoms with Crippen molar-refractivity contribution in [1.82, 2.24) is 10.2 Å². The lowest BCUT2D eigenvalue weighted by molar-refractivity contribution is -0.115. The average Bonchev–Trinajstić information content (AvgIpc) is 3.11. The van der Waals surface area contributed by atoms with Crippen molar-refractivity contribution >= 4 is 23.5 Å². The molecule has 1 aromatic heterocycles. The van der Waals surface area contributed by atoms with E-state index in [0.717, 1.165) is 5.56 Å². The monoisotopic (exact) mass is 336 g/mol. The van der Waals surface area contributed by atoms with Crippen LogP contribution in [-0.4, -0.2) is 22.0 Å². The average molecular weight is 336 g/mol. The molecule has 0 saturated heterocycles. The third kappa shape index (κ3) is 4.08. The van der Waals surface area contributed by atoms with Crippen LogP contribution < -0.4 is 10.6 Å². The van der Waals surface area contributed by atoms with Crippen LogP contribution in [0.2, 0.25) is 0 Å². The molecule has 2 aromatic carbocycles. The summed E-state index contributed by atoms with van der Waals surface area (Å²) in [5, 5.41) is 13.0. The fraction of sp³-hybridized carbons (Fsp3) is 0.111. The van der Waals surface area contributed by atoms with Gasteiger partial charge >= 0.3 is 6.01 Å². The van der Waals surface area contributed by atoms with Crippen LogP contribution in [0.4, 0.5) is 11.7 Å². The molecule has 0 unspecified atom stereocenters. The number of carbonyl (C=O) groups excluding carboxylic acids is 2. The van der Waals surface area contributed by atoms with Crippen LogP contribution in [0.15, 0.2) is 59.0 Å². The molecule has 0 aliphatic carbocycles. The second-order valence-corrected chi connectivity index (χ2v) is 5.22. The van der Waals surface area contributed by atoms with Crippen LogP contribution in [-0.2, 0) is 4.79 Å². The summed E-state index contributed by atoms with van der Waals surface area (Å²) in [7, 11) is 0. The summed E-state index contributed by atoms with van der Waals surface area (Å²) in [5.74, 6) is -0.210. The van der Waals surface area contributed by atoms with Gasteiger partial charge in [0.15, 0.2) is 0 Å². The lowest BCUT2D eigenvalue weighted by atomic mass is 10.2. The van der Waals surface area contributed by atoms with Crippen LogP contribution in [0, 0.1) is 0 Å². The molecule has 7 heteroatoms. The number of anilines is 2. The van der Waals surface area contributed by atoms with Gasteiger partial charge in [0, 0.05) is 23.2 Å². The second kappa shape index (κ2) is 7.39. The minimum atomic E-state index is -0.407. The second-order valence-electron chi connectivity index (χ2n) is 5.22. The molecule has 7 nitrogen and oxygen atoms in total. The maximum absolute atomic E-state index is 12.3. The fourth-order valence-corrected chi connectivity index (χ4v) is 2.13. The molecule has 0 fully saturated rings. The highest BCUT2D eigenvalue weighted by atomic mass is 16.4. The van der Waals surface area contributed by atoms with Crippen LogP contribution in [0.25, 0.3) is 11.5 Å². The number of rotatable bonds is 5. The zero-order valence-corrected chi connectivity index (χ0v) is 13.5. The lowest BCUT2D eigenvalue weighted by Gasteiger charge is -2.06. The van der Waals surface area contributed by atoms with E-state index in [1.54, 1.807) is 31.2 Å². The van der Waals surface area contributed by atoms with Gasteiger partial charge in [-0.2, -0.15) is 0 Å². The Kier molecular flexibility index (Phi) is 4.84. The van der Waals surface area contributed by atoms with Crippen molar-refractivity contribution in [2.45, 2.75) is 13.3 Å². The number of nitrogens with zero attached hydrogens (tertiary/aromatic N) is 2. The Hall–Kier alpha value is -3.48. The molecule has 0 spiro atoms. The maximum Gasteiger partial charge on any atom is 0.322 e. The topological polar surface area (TPSA) is 97.1 Å². The number of aromatic nitrogens is 2. The Morgan fingerprint density at radius 1 is 1.00 bits per heavy atom. The molecule has 0 bridgehead atoms. The molecule has 3 rings (SSSR count). The molecule has 0 saturated carbocycles. The number of carbonyl (C=O) groups is 2. The number of hydrogen-bond donors (Lipinski definition) is 2. The largest absolute Gasteiger partial charge is 0.403 e. The first-order valence-corrected chi connectivity index (χ1v) is 7.76. The van der Waals surface area contributed by atoms with Gasteiger partial charge in [-0.15, -0.1) is 5.10 Å². The van der Waals surface area contributed by atoms with Crippen LogP contribution in [0.1, 0.15) is 23.7 Å². The van der Waals surface area contributed by atoms with E-state index in [2.05, 4.69) is 20.8 Å². The standard InChI is InChI=1S/C18H16N4O3/c1-2-15(23)19-14-10-6-9-13(11-14)16(24)20-18-22-21-17(25-18)12-7-4-3-5-8-12/h3-11H,2H2,1H3,(H,19,23)(H,20,22,24). The van der Waals surface area contributed by atoms with Crippen molar-refractivity contribution in [1.29, 1.82) is 0 Å². The van der Waals surface area contributed by atoms with Gasteiger partial charge in [0.25, 0.3) is 5.91 Å². The van der Waals surface area contributed by atoms with Gasteiger partial charge in [0.05, 0.1) is 0 Å². The summed E-state index contributed by atoms with van der Waals surface area (Å²) in [6.45, 7) is 1.76.